The summed E-state index contributed by atoms with van der Waals surface area (Å²) in [5.74, 6) is 0.521. The van der Waals surface area contributed by atoms with Crippen LogP contribution in [-0.4, -0.2) is 17.6 Å². The van der Waals surface area contributed by atoms with Gasteiger partial charge in [0.05, 0.1) is 6.10 Å². The summed E-state index contributed by atoms with van der Waals surface area (Å²) >= 11 is 0. The minimum absolute atomic E-state index is 0.00819. The van der Waals surface area contributed by atoms with Crippen molar-refractivity contribution in [1.29, 1.82) is 0 Å². The van der Waals surface area contributed by atoms with Gasteiger partial charge in [-0.15, -0.1) is 0 Å². The lowest BCUT2D eigenvalue weighted by molar-refractivity contribution is 0.0220. The SMILES string of the molecule is CC(C)COC(c1ccncc1)C(C)N. The zero-order valence-electron chi connectivity index (χ0n) is 9.68. The lowest BCUT2D eigenvalue weighted by atomic mass is 10.1. The van der Waals surface area contributed by atoms with Crippen molar-refractivity contribution in [2.45, 2.75) is 32.9 Å². The molecule has 15 heavy (non-hydrogen) atoms. The van der Waals surface area contributed by atoms with E-state index in [1.54, 1.807) is 12.4 Å². The lowest BCUT2D eigenvalue weighted by Crippen LogP contribution is -2.28. The molecule has 2 unspecified atom stereocenters. The van der Waals surface area contributed by atoms with Crippen molar-refractivity contribution in [2.24, 2.45) is 11.7 Å². The molecule has 0 aliphatic heterocycles. The Kier molecular flexibility index (Phi) is 4.72. The Morgan fingerprint density at radius 3 is 2.33 bits per heavy atom. The Bertz CT molecular complexity index is 272. The van der Waals surface area contributed by atoms with E-state index in [-0.39, 0.29) is 12.1 Å². The largest absolute Gasteiger partial charge is 0.372 e. The highest BCUT2D eigenvalue weighted by Gasteiger charge is 2.16. The topological polar surface area (TPSA) is 48.1 Å². The van der Waals surface area contributed by atoms with Gasteiger partial charge < -0.3 is 10.5 Å². The first-order valence-electron chi connectivity index (χ1n) is 5.38. The van der Waals surface area contributed by atoms with Crippen LogP contribution in [0.1, 0.15) is 32.4 Å². The van der Waals surface area contributed by atoms with Gasteiger partial charge in [-0.1, -0.05) is 13.8 Å². The van der Waals surface area contributed by atoms with E-state index in [1.807, 2.05) is 19.1 Å². The molecule has 0 saturated heterocycles. The quantitative estimate of drug-likeness (QED) is 0.806. The molecule has 0 spiro atoms. The van der Waals surface area contributed by atoms with Crippen LogP contribution < -0.4 is 5.73 Å². The molecule has 0 fully saturated rings. The van der Waals surface area contributed by atoms with Crippen molar-refractivity contribution < 1.29 is 4.74 Å². The van der Waals surface area contributed by atoms with Gasteiger partial charge in [-0.05, 0) is 30.5 Å². The fourth-order valence-electron chi connectivity index (χ4n) is 1.40. The van der Waals surface area contributed by atoms with Crippen molar-refractivity contribution >= 4 is 0 Å². The van der Waals surface area contributed by atoms with Crippen molar-refractivity contribution in [2.75, 3.05) is 6.61 Å². The Morgan fingerprint density at radius 2 is 1.87 bits per heavy atom. The highest BCUT2D eigenvalue weighted by Crippen LogP contribution is 2.20. The summed E-state index contributed by atoms with van der Waals surface area (Å²) in [5.41, 5.74) is 7.01. The van der Waals surface area contributed by atoms with Gasteiger partial charge in [-0.3, -0.25) is 4.98 Å². The summed E-state index contributed by atoms with van der Waals surface area (Å²) in [4.78, 5) is 3.99. The average Bonchev–Trinajstić information content (AvgIpc) is 2.18. The van der Waals surface area contributed by atoms with Gasteiger partial charge in [-0.25, -0.2) is 0 Å². The Balaban J connectivity index is 2.66. The first-order chi connectivity index (χ1) is 7.11. The molecular formula is C12H20N2O. The van der Waals surface area contributed by atoms with E-state index in [9.17, 15) is 0 Å². The summed E-state index contributed by atoms with van der Waals surface area (Å²) < 4.78 is 5.80. The van der Waals surface area contributed by atoms with Gasteiger partial charge in [-0.2, -0.15) is 0 Å². The predicted octanol–water partition coefficient (Wildman–Crippen LogP) is 2.14. The summed E-state index contributed by atoms with van der Waals surface area (Å²) in [6.45, 7) is 6.95. The fraction of sp³-hybridized carbons (Fsp3) is 0.583. The van der Waals surface area contributed by atoms with E-state index in [0.717, 1.165) is 12.2 Å². The number of ether oxygens (including phenoxy) is 1. The molecule has 3 heteroatoms. The third kappa shape index (κ3) is 3.98. The second-order valence-corrected chi connectivity index (χ2v) is 4.29. The second kappa shape index (κ2) is 5.83. The normalized spacial score (nSPS) is 15.3. The van der Waals surface area contributed by atoms with Crippen LogP contribution >= 0.6 is 0 Å². The molecule has 84 valence electrons. The molecule has 0 aliphatic rings. The molecule has 1 rings (SSSR count). The minimum Gasteiger partial charge on any atom is -0.372 e. The highest BCUT2D eigenvalue weighted by molar-refractivity contribution is 5.14. The lowest BCUT2D eigenvalue weighted by Gasteiger charge is -2.22. The number of nitrogens with two attached hydrogens (primary N) is 1. The van der Waals surface area contributed by atoms with Gasteiger partial charge in [0.15, 0.2) is 0 Å². The van der Waals surface area contributed by atoms with Gasteiger partial charge in [0.2, 0.25) is 0 Å². The monoisotopic (exact) mass is 208 g/mol. The van der Waals surface area contributed by atoms with E-state index in [0.29, 0.717) is 5.92 Å². The molecule has 0 saturated carbocycles. The zero-order valence-corrected chi connectivity index (χ0v) is 9.68. The van der Waals surface area contributed by atoms with Gasteiger partial charge >= 0.3 is 0 Å². The van der Waals surface area contributed by atoms with Crippen LogP contribution in [0.25, 0.3) is 0 Å². The van der Waals surface area contributed by atoms with E-state index in [4.69, 9.17) is 10.5 Å². The molecule has 0 aromatic carbocycles. The molecule has 1 aromatic heterocycles. The number of rotatable bonds is 5. The Morgan fingerprint density at radius 1 is 1.27 bits per heavy atom. The summed E-state index contributed by atoms with van der Waals surface area (Å²) in [5, 5.41) is 0. The van der Waals surface area contributed by atoms with Crippen LogP contribution in [0, 0.1) is 5.92 Å². The number of aromatic nitrogens is 1. The maximum absolute atomic E-state index is 5.91. The number of hydrogen-bond donors (Lipinski definition) is 1. The van der Waals surface area contributed by atoms with Crippen LogP contribution in [0.2, 0.25) is 0 Å². The number of pyridine rings is 1. The summed E-state index contributed by atoms with van der Waals surface area (Å²) in [6, 6.07) is 3.90. The minimum atomic E-state index is -0.0320. The maximum atomic E-state index is 5.91. The first-order valence-corrected chi connectivity index (χ1v) is 5.38. The van der Waals surface area contributed by atoms with E-state index >= 15 is 0 Å². The van der Waals surface area contributed by atoms with E-state index in [1.165, 1.54) is 0 Å². The molecule has 0 radical (unpaired) electrons. The van der Waals surface area contributed by atoms with Gasteiger partial charge in [0.1, 0.15) is 0 Å². The molecule has 0 bridgehead atoms. The van der Waals surface area contributed by atoms with Crippen molar-refractivity contribution in [3.63, 3.8) is 0 Å². The third-order valence-corrected chi connectivity index (χ3v) is 2.12. The highest BCUT2D eigenvalue weighted by atomic mass is 16.5. The Labute approximate surface area is 91.7 Å². The molecule has 0 amide bonds. The second-order valence-electron chi connectivity index (χ2n) is 4.29. The van der Waals surface area contributed by atoms with Crippen LogP contribution in [0.3, 0.4) is 0 Å². The van der Waals surface area contributed by atoms with Crippen LogP contribution in [0.5, 0.6) is 0 Å². The van der Waals surface area contributed by atoms with Crippen molar-refractivity contribution in [1.82, 2.24) is 4.98 Å². The average molecular weight is 208 g/mol. The predicted molar refractivity (Wildman–Crippen MR) is 61.4 cm³/mol. The van der Waals surface area contributed by atoms with Crippen LogP contribution in [0.15, 0.2) is 24.5 Å². The van der Waals surface area contributed by atoms with E-state index < -0.39 is 0 Å². The molecule has 2 atom stereocenters. The van der Waals surface area contributed by atoms with Crippen molar-refractivity contribution in [3.05, 3.63) is 30.1 Å². The standard InChI is InChI=1S/C12H20N2O/c1-9(2)8-15-12(10(3)13)11-4-6-14-7-5-11/h4-7,9-10,12H,8,13H2,1-3H3. The number of nitrogens with zero attached hydrogens (tertiary/aromatic N) is 1. The van der Waals surface area contributed by atoms with Crippen molar-refractivity contribution in [3.8, 4) is 0 Å². The molecule has 1 aromatic rings. The summed E-state index contributed by atoms with van der Waals surface area (Å²) in [6.07, 6.45) is 3.50. The van der Waals surface area contributed by atoms with Gasteiger partial charge in [0.25, 0.3) is 0 Å². The maximum Gasteiger partial charge on any atom is 0.0974 e. The van der Waals surface area contributed by atoms with Crippen LogP contribution in [-0.2, 0) is 4.74 Å². The molecule has 1 heterocycles. The smallest absolute Gasteiger partial charge is 0.0974 e. The van der Waals surface area contributed by atoms with E-state index in [2.05, 4.69) is 18.8 Å². The first kappa shape index (κ1) is 12.1. The Hall–Kier alpha value is -0.930. The van der Waals surface area contributed by atoms with Crippen LogP contribution in [0.4, 0.5) is 0 Å². The summed E-state index contributed by atoms with van der Waals surface area (Å²) in [7, 11) is 0. The number of hydrogen-bond acceptors (Lipinski definition) is 3. The molecule has 3 nitrogen and oxygen atoms in total. The molecule has 2 N–H and O–H groups in total. The zero-order chi connectivity index (χ0) is 11.3. The van der Waals surface area contributed by atoms with Gasteiger partial charge in [0, 0.05) is 25.0 Å². The fourth-order valence-corrected chi connectivity index (χ4v) is 1.40. The third-order valence-electron chi connectivity index (χ3n) is 2.12. The molecular weight excluding hydrogens is 188 g/mol. The molecule has 0 aliphatic carbocycles.